The van der Waals surface area contributed by atoms with Crippen molar-refractivity contribution in [3.05, 3.63) is 17.3 Å². The van der Waals surface area contributed by atoms with Gasteiger partial charge in [0.05, 0.1) is 11.6 Å². The van der Waals surface area contributed by atoms with Crippen molar-refractivity contribution in [1.29, 1.82) is 0 Å². The molecule has 1 N–H and O–H groups in total. The molecule has 0 aliphatic carbocycles. The van der Waals surface area contributed by atoms with Crippen molar-refractivity contribution >= 4 is 11.9 Å². The first kappa shape index (κ1) is 12.6. The maximum Gasteiger partial charge on any atom is 0.306 e. The van der Waals surface area contributed by atoms with Crippen LogP contribution in [0.4, 0.5) is 0 Å². The Hall–Kier alpha value is -1.85. The molecule has 98 valence electrons. The Labute approximate surface area is 105 Å². The van der Waals surface area contributed by atoms with E-state index in [0.717, 1.165) is 0 Å². The van der Waals surface area contributed by atoms with Crippen LogP contribution in [0.3, 0.4) is 0 Å². The van der Waals surface area contributed by atoms with Crippen LogP contribution < -0.4 is 0 Å². The lowest BCUT2D eigenvalue weighted by atomic mass is 9.97. The number of nitrogens with zero attached hydrogens (tertiary/aromatic N) is 2. The van der Waals surface area contributed by atoms with E-state index in [4.69, 9.17) is 9.52 Å². The van der Waals surface area contributed by atoms with Gasteiger partial charge in [-0.15, -0.1) is 0 Å². The molecule has 0 aromatic carbocycles. The monoisotopic (exact) mass is 252 g/mol. The van der Waals surface area contributed by atoms with Crippen LogP contribution in [-0.4, -0.2) is 40.0 Å². The van der Waals surface area contributed by atoms with Crippen molar-refractivity contribution in [2.24, 2.45) is 5.92 Å². The second kappa shape index (κ2) is 4.80. The summed E-state index contributed by atoms with van der Waals surface area (Å²) in [5.74, 6) is -0.588. The summed E-state index contributed by atoms with van der Waals surface area (Å²) >= 11 is 0. The molecule has 0 saturated carbocycles. The van der Waals surface area contributed by atoms with E-state index in [2.05, 4.69) is 4.98 Å². The number of oxazole rings is 1. The first-order valence-corrected chi connectivity index (χ1v) is 5.95. The van der Waals surface area contributed by atoms with Gasteiger partial charge in [-0.3, -0.25) is 9.59 Å². The third-order valence-corrected chi connectivity index (χ3v) is 3.23. The summed E-state index contributed by atoms with van der Waals surface area (Å²) in [6, 6.07) is 0. The lowest BCUT2D eigenvalue weighted by Crippen LogP contribution is -2.40. The molecular weight excluding hydrogens is 236 g/mol. The van der Waals surface area contributed by atoms with Crippen LogP contribution in [0.15, 0.2) is 4.42 Å². The number of carbonyl (C=O) groups is 2. The van der Waals surface area contributed by atoms with Crippen LogP contribution in [0.25, 0.3) is 0 Å². The zero-order chi connectivity index (χ0) is 13.3. The van der Waals surface area contributed by atoms with Crippen molar-refractivity contribution in [3.63, 3.8) is 0 Å². The van der Waals surface area contributed by atoms with E-state index in [1.165, 1.54) is 0 Å². The lowest BCUT2D eigenvalue weighted by Gasteiger charge is -2.29. The average Bonchev–Trinajstić information content (AvgIpc) is 2.67. The Morgan fingerprint density at radius 1 is 1.33 bits per heavy atom. The second-order valence-electron chi connectivity index (χ2n) is 4.55. The number of hydrogen-bond acceptors (Lipinski definition) is 4. The molecule has 1 fully saturated rings. The molecule has 6 nitrogen and oxygen atoms in total. The summed E-state index contributed by atoms with van der Waals surface area (Å²) in [6.45, 7) is 4.33. The van der Waals surface area contributed by atoms with E-state index in [1.807, 2.05) is 0 Å². The van der Waals surface area contributed by atoms with Gasteiger partial charge in [-0.1, -0.05) is 0 Å². The minimum atomic E-state index is -0.784. The highest BCUT2D eigenvalue weighted by atomic mass is 16.4. The quantitative estimate of drug-likeness (QED) is 0.855. The second-order valence-corrected chi connectivity index (χ2v) is 4.55. The molecule has 1 aliphatic rings. The smallest absolute Gasteiger partial charge is 0.306 e. The van der Waals surface area contributed by atoms with Gasteiger partial charge in [0.2, 0.25) is 5.76 Å². The molecule has 1 aromatic heterocycles. The number of carboxylic acids is 1. The molecule has 1 saturated heterocycles. The van der Waals surface area contributed by atoms with Gasteiger partial charge in [0.15, 0.2) is 5.89 Å². The molecule has 18 heavy (non-hydrogen) atoms. The Kier molecular flexibility index (Phi) is 3.36. The number of carboxylic acid groups (broad SMARTS) is 1. The number of aliphatic carboxylic acids is 1. The Bertz CT molecular complexity index is 472. The van der Waals surface area contributed by atoms with E-state index < -0.39 is 5.97 Å². The van der Waals surface area contributed by atoms with E-state index in [9.17, 15) is 9.59 Å². The molecule has 1 amide bonds. The van der Waals surface area contributed by atoms with E-state index in [-0.39, 0.29) is 17.6 Å². The molecule has 2 rings (SSSR count). The summed E-state index contributed by atoms with van der Waals surface area (Å²) in [5, 5.41) is 8.90. The van der Waals surface area contributed by atoms with Crippen molar-refractivity contribution in [2.75, 3.05) is 13.1 Å². The van der Waals surface area contributed by atoms with Crippen LogP contribution in [-0.2, 0) is 4.79 Å². The number of aromatic nitrogens is 1. The van der Waals surface area contributed by atoms with Crippen molar-refractivity contribution < 1.29 is 19.1 Å². The van der Waals surface area contributed by atoms with Crippen LogP contribution in [0.5, 0.6) is 0 Å². The van der Waals surface area contributed by atoms with Crippen molar-refractivity contribution in [1.82, 2.24) is 9.88 Å². The topological polar surface area (TPSA) is 83.6 Å². The highest BCUT2D eigenvalue weighted by Gasteiger charge is 2.29. The van der Waals surface area contributed by atoms with Gasteiger partial charge in [-0.05, 0) is 19.8 Å². The number of amides is 1. The van der Waals surface area contributed by atoms with Gasteiger partial charge in [0.25, 0.3) is 5.91 Å². The van der Waals surface area contributed by atoms with Crippen LogP contribution in [0.1, 0.15) is 35.0 Å². The number of rotatable bonds is 2. The molecule has 2 heterocycles. The van der Waals surface area contributed by atoms with E-state index in [0.29, 0.717) is 37.5 Å². The Balaban J connectivity index is 2.04. The normalized spacial score (nSPS) is 16.9. The molecule has 6 heteroatoms. The molecule has 0 spiro atoms. The number of piperidine rings is 1. The summed E-state index contributed by atoms with van der Waals surface area (Å²) in [5.41, 5.74) is 0.581. The van der Waals surface area contributed by atoms with Gasteiger partial charge in [0.1, 0.15) is 0 Å². The molecule has 1 aromatic rings. The number of aryl methyl sites for hydroxylation is 2. The summed E-state index contributed by atoms with van der Waals surface area (Å²) < 4.78 is 5.28. The third kappa shape index (κ3) is 2.37. The number of hydrogen-bond donors (Lipinski definition) is 1. The molecular formula is C12H16N2O4. The van der Waals surface area contributed by atoms with E-state index >= 15 is 0 Å². The molecule has 0 bridgehead atoms. The van der Waals surface area contributed by atoms with Crippen LogP contribution in [0.2, 0.25) is 0 Å². The first-order valence-electron chi connectivity index (χ1n) is 5.95. The van der Waals surface area contributed by atoms with Crippen LogP contribution in [0, 0.1) is 19.8 Å². The maximum absolute atomic E-state index is 12.2. The van der Waals surface area contributed by atoms with Crippen LogP contribution >= 0.6 is 0 Å². The summed E-state index contributed by atoms with van der Waals surface area (Å²) in [4.78, 5) is 28.7. The summed E-state index contributed by atoms with van der Waals surface area (Å²) in [7, 11) is 0. The predicted molar refractivity (Wildman–Crippen MR) is 62.2 cm³/mol. The van der Waals surface area contributed by atoms with Crippen molar-refractivity contribution in [2.45, 2.75) is 26.7 Å². The zero-order valence-corrected chi connectivity index (χ0v) is 10.5. The highest BCUT2D eigenvalue weighted by molar-refractivity contribution is 5.92. The molecule has 1 aliphatic heterocycles. The van der Waals surface area contributed by atoms with Gasteiger partial charge in [-0.2, -0.15) is 0 Å². The predicted octanol–water partition coefficient (Wildman–Crippen LogP) is 1.23. The third-order valence-electron chi connectivity index (χ3n) is 3.23. The fraction of sp³-hybridized carbons (Fsp3) is 0.583. The minimum absolute atomic E-state index is 0.197. The molecule has 0 radical (unpaired) electrons. The fourth-order valence-corrected chi connectivity index (χ4v) is 2.20. The SMILES string of the molecule is Cc1nc(C)c(C(=O)N2CCC(C(=O)O)CC2)o1. The zero-order valence-electron chi connectivity index (χ0n) is 10.5. The maximum atomic E-state index is 12.2. The van der Waals surface area contributed by atoms with E-state index in [1.54, 1.807) is 18.7 Å². The average molecular weight is 252 g/mol. The van der Waals surface area contributed by atoms with Gasteiger partial charge in [0, 0.05) is 20.0 Å². The molecule has 0 unspecified atom stereocenters. The Morgan fingerprint density at radius 3 is 2.39 bits per heavy atom. The highest BCUT2D eigenvalue weighted by Crippen LogP contribution is 2.20. The Morgan fingerprint density at radius 2 is 1.94 bits per heavy atom. The number of carbonyl (C=O) groups excluding carboxylic acids is 1. The van der Waals surface area contributed by atoms with Gasteiger partial charge in [-0.25, -0.2) is 4.98 Å². The standard InChI is InChI=1S/C12H16N2O4/c1-7-10(18-8(2)13-7)11(15)14-5-3-9(4-6-14)12(16)17/h9H,3-6H2,1-2H3,(H,16,17). The summed E-state index contributed by atoms with van der Waals surface area (Å²) in [6.07, 6.45) is 0.987. The van der Waals surface area contributed by atoms with Crippen molar-refractivity contribution in [3.8, 4) is 0 Å². The minimum Gasteiger partial charge on any atom is -0.481 e. The van der Waals surface area contributed by atoms with Gasteiger partial charge >= 0.3 is 5.97 Å². The first-order chi connectivity index (χ1) is 8.49. The number of likely N-dealkylation sites (tertiary alicyclic amines) is 1. The molecule has 0 atom stereocenters. The van der Waals surface area contributed by atoms with Gasteiger partial charge < -0.3 is 14.4 Å². The fourth-order valence-electron chi connectivity index (χ4n) is 2.20. The largest absolute Gasteiger partial charge is 0.481 e. The lowest BCUT2D eigenvalue weighted by molar-refractivity contribution is -0.143.